The van der Waals surface area contributed by atoms with E-state index in [1.807, 2.05) is 12.1 Å². The van der Waals surface area contributed by atoms with Crippen LogP contribution in [0.5, 0.6) is 11.5 Å². The van der Waals surface area contributed by atoms with Crippen molar-refractivity contribution in [1.29, 1.82) is 0 Å². The molecular formula is C30H45NO2. The molecule has 0 unspecified atom stereocenters. The molecule has 3 heteroatoms. The van der Waals surface area contributed by atoms with Gasteiger partial charge < -0.3 is 9.84 Å². The molecule has 3 nitrogen and oxygen atoms in total. The Hall–Kier alpha value is -2.29. The van der Waals surface area contributed by atoms with Crippen molar-refractivity contribution in [3.8, 4) is 11.5 Å². The van der Waals surface area contributed by atoms with Gasteiger partial charge in [-0.15, -0.1) is 0 Å². The maximum absolute atomic E-state index is 10.3. The molecule has 2 rings (SSSR count). The average molecular weight is 452 g/mol. The molecule has 1 N–H and O–H groups in total. The fourth-order valence-corrected chi connectivity index (χ4v) is 3.97. The number of aryl methyl sites for hydroxylation is 1. The molecule has 0 aliphatic rings. The zero-order valence-corrected chi connectivity index (χ0v) is 21.0. The van der Waals surface area contributed by atoms with Crippen LogP contribution in [0.25, 0.3) is 0 Å². The van der Waals surface area contributed by atoms with Gasteiger partial charge in [-0.2, -0.15) is 0 Å². The standard InChI is InChI=1S/C30H45NO2/c1-3-5-7-9-10-11-13-15-23-33-29-22-19-27(30(32)24-29)25-31-28-20-17-26(18-21-28)16-14-12-8-6-4-2/h17-22,24-25,32H,3-16,23H2,1-2H3. The molecule has 0 radical (unpaired) electrons. The highest BCUT2D eigenvalue weighted by Gasteiger charge is 2.02. The second kappa shape index (κ2) is 17.2. The molecule has 0 aromatic heterocycles. The Kier molecular flexibility index (Phi) is 14.1. The number of benzene rings is 2. The molecule has 0 aliphatic heterocycles. The van der Waals surface area contributed by atoms with Crippen LogP contribution >= 0.6 is 0 Å². The third-order valence-corrected chi connectivity index (χ3v) is 6.13. The number of aromatic hydroxyl groups is 1. The molecule has 0 heterocycles. The second-order valence-electron chi connectivity index (χ2n) is 9.13. The van der Waals surface area contributed by atoms with Gasteiger partial charge in [-0.05, 0) is 49.1 Å². The zero-order chi connectivity index (χ0) is 23.6. The first-order valence-electron chi connectivity index (χ1n) is 13.3. The molecule has 2 aromatic rings. The van der Waals surface area contributed by atoms with Crippen molar-refractivity contribution in [3.63, 3.8) is 0 Å². The molecular weight excluding hydrogens is 406 g/mol. The summed E-state index contributed by atoms with van der Waals surface area (Å²) < 4.78 is 5.81. The Morgan fingerprint density at radius 2 is 1.33 bits per heavy atom. The Morgan fingerprint density at radius 1 is 0.727 bits per heavy atom. The van der Waals surface area contributed by atoms with E-state index in [0.29, 0.717) is 12.2 Å². The van der Waals surface area contributed by atoms with Crippen molar-refractivity contribution in [2.24, 2.45) is 4.99 Å². The Bertz CT molecular complexity index is 782. The summed E-state index contributed by atoms with van der Waals surface area (Å²) in [5, 5.41) is 10.3. The molecule has 0 aliphatic carbocycles. The maximum atomic E-state index is 10.3. The fraction of sp³-hybridized carbons (Fsp3) is 0.567. The van der Waals surface area contributed by atoms with Gasteiger partial charge in [-0.3, -0.25) is 4.99 Å². The molecule has 2 aromatic carbocycles. The lowest BCUT2D eigenvalue weighted by Gasteiger charge is -2.08. The number of ether oxygens (including phenoxy) is 1. The molecule has 33 heavy (non-hydrogen) atoms. The van der Waals surface area contributed by atoms with Gasteiger partial charge in [-0.25, -0.2) is 0 Å². The number of hydrogen-bond acceptors (Lipinski definition) is 3. The van der Waals surface area contributed by atoms with Gasteiger partial charge in [0.1, 0.15) is 11.5 Å². The Balaban J connectivity index is 1.69. The summed E-state index contributed by atoms with van der Waals surface area (Å²) in [4.78, 5) is 4.53. The molecule has 0 atom stereocenters. The van der Waals surface area contributed by atoms with E-state index in [1.165, 1.54) is 82.6 Å². The Labute approximate surface area is 202 Å². The van der Waals surface area contributed by atoms with Crippen LogP contribution in [0.2, 0.25) is 0 Å². The van der Waals surface area contributed by atoms with Gasteiger partial charge in [0.25, 0.3) is 0 Å². The van der Waals surface area contributed by atoms with Crippen LogP contribution in [0.3, 0.4) is 0 Å². The van der Waals surface area contributed by atoms with Gasteiger partial charge in [-0.1, -0.05) is 96.6 Å². The van der Waals surface area contributed by atoms with E-state index in [9.17, 15) is 5.11 Å². The van der Waals surface area contributed by atoms with Crippen molar-refractivity contribution < 1.29 is 9.84 Å². The summed E-state index contributed by atoms with van der Waals surface area (Å²) in [6.45, 7) is 5.20. The minimum Gasteiger partial charge on any atom is -0.507 e. The van der Waals surface area contributed by atoms with Gasteiger partial charge in [0, 0.05) is 17.8 Å². The fourth-order valence-electron chi connectivity index (χ4n) is 3.97. The van der Waals surface area contributed by atoms with Crippen LogP contribution in [0.1, 0.15) is 108 Å². The molecule has 0 bridgehead atoms. The normalized spacial score (nSPS) is 11.3. The van der Waals surface area contributed by atoms with E-state index in [2.05, 4.69) is 43.1 Å². The van der Waals surface area contributed by atoms with Gasteiger partial charge in [0.2, 0.25) is 0 Å². The minimum absolute atomic E-state index is 0.205. The molecule has 0 saturated carbocycles. The largest absolute Gasteiger partial charge is 0.507 e. The second-order valence-corrected chi connectivity index (χ2v) is 9.13. The number of aliphatic imine (C=N–C) groups is 1. The van der Waals surface area contributed by atoms with Crippen molar-refractivity contribution in [3.05, 3.63) is 53.6 Å². The topological polar surface area (TPSA) is 41.8 Å². The molecule has 0 saturated heterocycles. The van der Waals surface area contributed by atoms with Crippen molar-refractivity contribution in [2.45, 2.75) is 104 Å². The molecule has 0 spiro atoms. The highest BCUT2D eigenvalue weighted by Crippen LogP contribution is 2.24. The summed E-state index contributed by atoms with van der Waals surface area (Å²) in [5.74, 6) is 0.923. The Morgan fingerprint density at radius 3 is 1.97 bits per heavy atom. The SMILES string of the molecule is CCCCCCCCCCOc1ccc(C=Nc2ccc(CCCCCCC)cc2)c(O)c1. The number of phenolic OH excluding ortho intramolecular Hbond substituents is 1. The van der Waals surface area contributed by atoms with E-state index < -0.39 is 0 Å². The summed E-state index contributed by atoms with van der Waals surface area (Å²) >= 11 is 0. The monoisotopic (exact) mass is 451 g/mol. The molecule has 0 fully saturated rings. The lowest BCUT2D eigenvalue weighted by Crippen LogP contribution is -1.97. The van der Waals surface area contributed by atoms with Gasteiger partial charge in [0.05, 0.1) is 12.3 Å². The van der Waals surface area contributed by atoms with Crippen LogP contribution in [0, 0.1) is 0 Å². The van der Waals surface area contributed by atoms with Crippen LogP contribution in [-0.2, 0) is 6.42 Å². The van der Waals surface area contributed by atoms with Crippen LogP contribution in [0.15, 0.2) is 47.5 Å². The molecule has 182 valence electrons. The number of phenols is 1. The van der Waals surface area contributed by atoms with Crippen LogP contribution in [-0.4, -0.2) is 17.9 Å². The van der Waals surface area contributed by atoms with E-state index in [0.717, 1.165) is 24.3 Å². The first-order chi connectivity index (χ1) is 16.2. The lowest BCUT2D eigenvalue weighted by atomic mass is 10.1. The highest BCUT2D eigenvalue weighted by molar-refractivity contribution is 5.85. The summed E-state index contributed by atoms with van der Waals surface area (Å²) in [7, 11) is 0. The number of nitrogens with zero attached hydrogens (tertiary/aromatic N) is 1. The smallest absolute Gasteiger partial charge is 0.128 e. The first kappa shape index (κ1) is 27.0. The quantitative estimate of drug-likeness (QED) is 0.181. The van der Waals surface area contributed by atoms with Crippen molar-refractivity contribution >= 4 is 11.9 Å². The number of rotatable bonds is 18. The van der Waals surface area contributed by atoms with E-state index in [-0.39, 0.29) is 5.75 Å². The van der Waals surface area contributed by atoms with Crippen molar-refractivity contribution in [2.75, 3.05) is 6.61 Å². The van der Waals surface area contributed by atoms with Crippen LogP contribution in [0.4, 0.5) is 5.69 Å². The number of hydrogen-bond donors (Lipinski definition) is 1. The van der Waals surface area contributed by atoms with Crippen molar-refractivity contribution in [1.82, 2.24) is 0 Å². The summed E-state index contributed by atoms with van der Waals surface area (Å²) in [6.07, 6.45) is 19.7. The van der Waals surface area contributed by atoms with E-state index in [4.69, 9.17) is 4.74 Å². The summed E-state index contributed by atoms with van der Waals surface area (Å²) in [6, 6.07) is 13.9. The van der Waals surface area contributed by atoms with E-state index in [1.54, 1.807) is 12.3 Å². The highest BCUT2D eigenvalue weighted by atomic mass is 16.5. The maximum Gasteiger partial charge on any atom is 0.128 e. The first-order valence-corrected chi connectivity index (χ1v) is 13.3. The third-order valence-electron chi connectivity index (χ3n) is 6.13. The average Bonchev–Trinajstić information content (AvgIpc) is 2.83. The minimum atomic E-state index is 0.205. The van der Waals surface area contributed by atoms with Gasteiger partial charge in [0.15, 0.2) is 0 Å². The third kappa shape index (κ3) is 11.9. The van der Waals surface area contributed by atoms with Gasteiger partial charge >= 0.3 is 0 Å². The summed E-state index contributed by atoms with van der Waals surface area (Å²) in [5.41, 5.74) is 2.97. The van der Waals surface area contributed by atoms with E-state index >= 15 is 0 Å². The zero-order valence-electron chi connectivity index (χ0n) is 21.0. The number of unbranched alkanes of at least 4 members (excludes halogenated alkanes) is 11. The molecule has 0 amide bonds. The predicted octanol–water partition coefficient (Wildman–Crippen LogP) is 9.18. The van der Waals surface area contributed by atoms with Crippen LogP contribution < -0.4 is 4.74 Å². The predicted molar refractivity (Wildman–Crippen MR) is 142 cm³/mol. The lowest BCUT2D eigenvalue weighted by molar-refractivity contribution is 0.302.